The number of nitrogens with zero attached hydrogens (tertiary/aromatic N) is 1. The molecule has 1 N–H and O–H groups in total. The molecule has 0 bridgehead atoms. The summed E-state index contributed by atoms with van der Waals surface area (Å²) >= 11 is 0. The molecule has 4 nitrogen and oxygen atoms in total. The second-order valence-electron chi connectivity index (χ2n) is 5.97. The Hall–Kier alpha value is -1.42. The number of hydrogen-bond acceptors (Lipinski definition) is 4. The lowest BCUT2D eigenvalue weighted by Gasteiger charge is -2.21. The first-order valence-electron chi connectivity index (χ1n) is 7.14. The maximum Gasteiger partial charge on any atom is 0.340 e. The molecule has 0 unspecified atom stereocenters. The zero-order valence-corrected chi connectivity index (χ0v) is 12.9. The summed E-state index contributed by atoms with van der Waals surface area (Å²) in [5.74, 6) is -0.305. The van der Waals surface area contributed by atoms with Gasteiger partial charge in [-0.1, -0.05) is 6.42 Å². The maximum atomic E-state index is 12.3. The van der Waals surface area contributed by atoms with Crippen LogP contribution in [-0.4, -0.2) is 28.3 Å². The van der Waals surface area contributed by atoms with Crippen molar-refractivity contribution in [1.82, 2.24) is 4.98 Å². The highest BCUT2D eigenvalue weighted by Gasteiger charge is 2.22. The lowest BCUT2D eigenvalue weighted by Crippen LogP contribution is -2.25. The van der Waals surface area contributed by atoms with Gasteiger partial charge in [0.05, 0.1) is 11.3 Å². The van der Waals surface area contributed by atoms with Crippen LogP contribution in [0.3, 0.4) is 0 Å². The standard InChI is InChI=1S/C16H25NO3/c1-12-14(15(19)20-16(2,3)4)13(9-10-17-12)8-6-5-7-11-18/h9-10,18H,5-8,11H2,1-4H3. The fraction of sp³-hybridized carbons (Fsp3) is 0.625. The van der Waals surface area contributed by atoms with Gasteiger partial charge in [0.15, 0.2) is 0 Å². The van der Waals surface area contributed by atoms with Crippen molar-refractivity contribution in [2.24, 2.45) is 0 Å². The Labute approximate surface area is 121 Å². The largest absolute Gasteiger partial charge is 0.456 e. The molecule has 20 heavy (non-hydrogen) atoms. The van der Waals surface area contributed by atoms with Crippen LogP contribution in [0.1, 0.15) is 61.6 Å². The molecule has 1 aromatic heterocycles. The number of aryl methyl sites for hydroxylation is 2. The van der Waals surface area contributed by atoms with Crippen molar-refractivity contribution in [3.63, 3.8) is 0 Å². The normalized spacial score (nSPS) is 11.4. The summed E-state index contributed by atoms with van der Waals surface area (Å²) < 4.78 is 5.45. The second kappa shape index (κ2) is 7.39. The molecule has 0 aliphatic heterocycles. The van der Waals surface area contributed by atoms with Crippen molar-refractivity contribution >= 4 is 5.97 Å². The van der Waals surface area contributed by atoms with Crippen molar-refractivity contribution in [3.8, 4) is 0 Å². The van der Waals surface area contributed by atoms with E-state index in [1.807, 2.05) is 33.8 Å². The molecule has 0 spiro atoms. The lowest BCUT2D eigenvalue weighted by molar-refractivity contribution is 0.00669. The minimum atomic E-state index is -0.506. The van der Waals surface area contributed by atoms with Crippen molar-refractivity contribution in [2.75, 3.05) is 6.61 Å². The van der Waals surface area contributed by atoms with Gasteiger partial charge in [0, 0.05) is 12.8 Å². The van der Waals surface area contributed by atoms with E-state index in [9.17, 15) is 4.79 Å². The van der Waals surface area contributed by atoms with Gasteiger partial charge >= 0.3 is 5.97 Å². The lowest BCUT2D eigenvalue weighted by atomic mass is 10.0. The monoisotopic (exact) mass is 279 g/mol. The molecule has 1 heterocycles. The molecule has 0 radical (unpaired) electrons. The van der Waals surface area contributed by atoms with E-state index in [0.717, 1.165) is 31.2 Å². The third kappa shape index (κ3) is 5.29. The van der Waals surface area contributed by atoms with E-state index in [2.05, 4.69) is 4.98 Å². The number of carbonyl (C=O) groups excluding carboxylic acids is 1. The smallest absolute Gasteiger partial charge is 0.340 e. The number of aliphatic hydroxyl groups excluding tert-OH is 1. The highest BCUT2D eigenvalue weighted by molar-refractivity contribution is 5.92. The van der Waals surface area contributed by atoms with Crippen LogP contribution in [0.25, 0.3) is 0 Å². The van der Waals surface area contributed by atoms with E-state index in [4.69, 9.17) is 9.84 Å². The highest BCUT2D eigenvalue weighted by Crippen LogP contribution is 2.19. The number of hydrogen-bond donors (Lipinski definition) is 1. The van der Waals surface area contributed by atoms with Gasteiger partial charge < -0.3 is 9.84 Å². The van der Waals surface area contributed by atoms with Gasteiger partial charge in [0.1, 0.15) is 5.60 Å². The first-order chi connectivity index (χ1) is 9.35. The van der Waals surface area contributed by atoms with Gasteiger partial charge in [0.2, 0.25) is 0 Å². The van der Waals surface area contributed by atoms with E-state index < -0.39 is 5.60 Å². The van der Waals surface area contributed by atoms with Crippen LogP contribution < -0.4 is 0 Å². The minimum absolute atomic E-state index is 0.217. The molecule has 0 atom stereocenters. The molecule has 0 aromatic carbocycles. The van der Waals surface area contributed by atoms with Gasteiger partial charge in [0.25, 0.3) is 0 Å². The van der Waals surface area contributed by atoms with Crippen molar-refractivity contribution in [2.45, 2.75) is 59.0 Å². The van der Waals surface area contributed by atoms with Gasteiger partial charge in [-0.15, -0.1) is 0 Å². The van der Waals surface area contributed by atoms with Crippen LogP contribution in [0.4, 0.5) is 0 Å². The van der Waals surface area contributed by atoms with Gasteiger partial charge in [-0.25, -0.2) is 4.79 Å². The van der Waals surface area contributed by atoms with Crippen LogP contribution in [0.15, 0.2) is 12.3 Å². The zero-order valence-electron chi connectivity index (χ0n) is 12.9. The van der Waals surface area contributed by atoms with E-state index in [1.54, 1.807) is 6.20 Å². The number of aliphatic hydroxyl groups is 1. The van der Waals surface area contributed by atoms with E-state index >= 15 is 0 Å². The Kier molecular flexibility index (Phi) is 6.14. The second-order valence-corrected chi connectivity index (χ2v) is 5.97. The predicted molar refractivity (Wildman–Crippen MR) is 78.8 cm³/mol. The number of rotatable bonds is 6. The summed E-state index contributed by atoms with van der Waals surface area (Å²) in [7, 11) is 0. The Morgan fingerprint density at radius 1 is 1.30 bits per heavy atom. The Morgan fingerprint density at radius 2 is 2.00 bits per heavy atom. The van der Waals surface area contributed by atoms with Crippen molar-refractivity contribution in [3.05, 3.63) is 29.1 Å². The third-order valence-electron chi connectivity index (χ3n) is 2.93. The van der Waals surface area contributed by atoms with E-state index in [0.29, 0.717) is 11.3 Å². The summed E-state index contributed by atoms with van der Waals surface area (Å²) in [5, 5.41) is 8.79. The molecule has 0 aliphatic carbocycles. The molecular formula is C16H25NO3. The Bertz CT molecular complexity index is 450. The van der Waals surface area contributed by atoms with Crippen LogP contribution >= 0.6 is 0 Å². The number of esters is 1. The Morgan fingerprint density at radius 3 is 2.60 bits per heavy atom. The van der Waals surface area contributed by atoms with Crippen molar-refractivity contribution in [1.29, 1.82) is 0 Å². The zero-order chi connectivity index (χ0) is 15.2. The highest BCUT2D eigenvalue weighted by atomic mass is 16.6. The van der Waals surface area contributed by atoms with E-state index in [1.165, 1.54) is 0 Å². The average molecular weight is 279 g/mol. The number of unbranched alkanes of at least 4 members (excludes halogenated alkanes) is 2. The molecule has 0 aliphatic rings. The first-order valence-corrected chi connectivity index (χ1v) is 7.14. The van der Waals surface area contributed by atoms with Crippen LogP contribution in [0, 0.1) is 6.92 Å². The molecule has 0 saturated carbocycles. The first kappa shape index (κ1) is 16.6. The summed E-state index contributed by atoms with van der Waals surface area (Å²) in [4.78, 5) is 16.5. The fourth-order valence-corrected chi connectivity index (χ4v) is 2.04. The van der Waals surface area contributed by atoms with Crippen LogP contribution in [0.5, 0.6) is 0 Å². The quantitative estimate of drug-likeness (QED) is 0.642. The number of pyridine rings is 1. The van der Waals surface area contributed by atoms with Crippen LogP contribution in [-0.2, 0) is 11.2 Å². The molecule has 0 fully saturated rings. The summed E-state index contributed by atoms with van der Waals surface area (Å²) in [5.41, 5.74) is 1.77. The molecule has 1 aromatic rings. The predicted octanol–water partition coefficient (Wildman–Crippen LogP) is 3.05. The molecule has 0 amide bonds. The Balaban J connectivity index is 2.85. The summed E-state index contributed by atoms with van der Waals surface area (Å²) in [6, 6.07) is 1.88. The van der Waals surface area contributed by atoms with Gasteiger partial charge in [-0.05, 0) is 58.6 Å². The van der Waals surface area contributed by atoms with Gasteiger partial charge in [-0.3, -0.25) is 4.98 Å². The van der Waals surface area contributed by atoms with Crippen molar-refractivity contribution < 1.29 is 14.6 Å². The fourth-order valence-electron chi connectivity index (χ4n) is 2.04. The molecule has 0 saturated heterocycles. The number of carbonyl (C=O) groups is 1. The maximum absolute atomic E-state index is 12.3. The molecule has 4 heteroatoms. The third-order valence-corrected chi connectivity index (χ3v) is 2.93. The number of aromatic nitrogens is 1. The summed E-state index contributed by atoms with van der Waals surface area (Å²) in [6.07, 6.45) is 5.22. The van der Waals surface area contributed by atoms with Crippen LogP contribution in [0.2, 0.25) is 0 Å². The average Bonchev–Trinajstić information content (AvgIpc) is 2.32. The molecular weight excluding hydrogens is 254 g/mol. The SMILES string of the molecule is Cc1nccc(CCCCCO)c1C(=O)OC(C)(C)C. The summed E-state index contributed by atoms with van der Waals surface area (Å²) in [6.45, 7) is 7.62. The molecule has 112 valence electrons. The topological polar surface area (TPSA) is 59.4 Å². The molecule has 1 rings (SSSR count). The van der Waals surface area contributed by atoms with Gasteiger partial charge in [-0.2, -0.15) is 0 Å². The minimum Gasteiger partial charge on any atom is -0.456 e. The number of ether oxygens (including phenoxy) is 1. The van der Waals surface area contributed by atoms with E-state index in [-0.39, 0.29) is 12.6 Å².